The Morgan fingerprint density at radius 2 is 2.06 bits per heavy atom. The van der Waals surface area contributed by atoms with E-state index in [1.807, 2.05) is 30.5 Å². The molecule has 0 spiro atoms. The number of nitrogens with one attached hydrogen (secondary N) is 3. The van der Waals surface area contributed by atoms with E-state index >= 15 is 0 Å². The van der Waals surface area contributed by atoms with Gasteiger partial charge in [-0.3, -0.25) is 4.79 Å². The lowest BCUT2D eigenvalue weighted by molar-refractivity contribution is -0.142. The van der Waals surface area contributed by atoms with E-state index < -0.39 is 18.1 Å². The quantitative estimate of drug-likeness (QED) is 0.524. The van der Waals surface area contributed by atoms with Gasteiger partial charge in [0.05, 0.1) is 12.2 Å². The normalized spacial score (nSPS) is 27.7. The highest BCUT2D eigenvalue weighted by Gasteiger charge is 2.40. The largest absolute Gasteiger partial charge is 0.481 e. The molecule has 6 N–H and O–H groups in total. The van der Waals surface area contributed by atoms with Crippen molar-refractivity contribution in [3.63, 3.8) is 0 Å². The van der Waals surface area contributed by atoms with Crippen LogP contribution in [0.5, 0.6) is 0 Å². The highest BCUT2D eigenvalue weighted by Crippen LogP contribution is 2.32. The number of fused-ring (bicyclic) bond motifs is 1. The highest BCUT2D eigenvalue weighted by molar-refractivity contribution is 5.85. The number of rotatable bonds is 2. The van der Waals surface area contributed by atoms with Gasteiger partial charge in [-0.1, -0.05) is 18.2 Å². The fraction of sp³-hybridized carbons (Fsp3) is 0.250. The molecule has 6 heteroatoms. The van der Waals surface area contributed by atoms with Crippen molar-refractivity contribution in [2.75, 3.05) is 0 Å². The molecule has 1 aliphatic rings. The number of hydrogen-bond acceptors (Lipinski definition) is 4. The van der Waals surface area contributed by atoms with Crippen LogP contribution in [0.1, 0.15) is 11.6 Å². The number of carboxylic acids is 1. The van der Waals surface area contributed by atoms with Gasteiger partial charge >= 0.3 is 5.97 Å². The zero-order chi connectivity index (χ0) is 12.7. The minimum atomic E-state index is -0.907. The zero-order valence-electron chi connectivity index (χ0n) is 9.55. The monoisotopic (exact) mass is 246 g/mol. The van der Waals surface area contributed by atoms with Gasteiger partial charge in [0.2, 0.25) is 0 Å². The summed E-state index contributed by atoms with van der Waals surface area (Å²) in [5, 5.41) is 10.3. The lowest BCUT2D eigenvalue weighted by Crippen LogP contribution is -2.41. The number of aromatic amines is 1. The van der Waals surface area contributed by atoms with Crippen LogP contribution in [-0.2, 0) is 4.79 Å². The smallest absolute Gasteiger partial charge is 0.311 e. The predicted molar refractivity (Wildman–Crippen MR) is 66.4 cm³/mol. The number of hydrogen-bond donors (Lipinski definition) is 5. The number of aromatic nitrogens is 1. The maximum atomic E-state index is 11.3. The topological polar surface area (TPSA) is 103 Å². The van der Waals surface area contributed by atoms with Crippen LogP contribution in [-0.4, -0.2) is 22.2 Å². The van der Waals surface area contributed by atoms with Crippen molar-refractivity contribution < 1.29 is 9.90 Å². The molecule has 6 nitrogen and oxygen atoms in total. The second-order valence-electron chi connectivity index (χ2n) is 4.45. The van der Waals surface area contributed by atoms with E-state index in [9.17, 15) is 9.90 Å². The van der Waals surface area contributed by atoms with Crippen molar-refractivity contribution in [2.24, 2.45) is 11.7 Å². The first-order valence-electron chi connectivity index (χ1n) is 5.74. The molecule has 0 radical (unpaired) electrons. The van der Waals surface area contributed by atoms with E-state index in [0.717, 1.165) is 16.5 Å². The Kier molecular flexibility index (Phi) is 2.55. The molecule has 94 valence electrons. The fourth-order valence-electron chi connectivity index (χ4n) is 2.49. The van der Waals surface area contributed by atoms with Crippen molar-refractivity contribution in [2.45, 2.75) is 12.2 Å². The average molecular weight is 246 g/mol. The molecule has 1 fully saturated rings. The summed E-state index contributed by atoms with van der Waals surface area (Å²) in [6, 6.07) is 7.44. The third-order valence-electron chi connectivity index (χ3n) is 3.39. The van der Waals surface area contributed by atoms with Gasteiger partial charge < -0.3 is 15.8 Å². The first-order chi connectivity index (χ1) is 8.68. The summed E-state index contributed by atoms with van der Waals surface area (Å²) in [5.74, 6) is -1.60. The summed E-state index contributed by atoms with van der Waals surface area (Å²) in [7, 11) is 0. The van der Waals surface area contributed by atoms with Crippen LogP contribution < -0.4 is 16.6 Å². The molecular formula is C12H14N4O2. The van der Waals surface area contributed by atoms with Gasteiger partial charge in [-0.2, -0.15) is 0 Å². The van der Waals surface area contributed by atoms with Crippen LogP contribution in [0.25, 0.3) is 10.9 Å². The Labute approximate surface area is 103 Å². The third-order valence-corrected chi connectivity index (χ3v) is 3.39. The Morgan fingerprint density at radius 1 is 1.28 bits per heavy atom. The van der Waals surface area contributed by atoms with Gasteiger partial charge in [0.15, 0.2) is 0 Å². The summed E-state index contributed by atoms with van der Waals surface area (Å²) in [4.78, 5) is 14.4. The maximum absolute atomic E-state index is 11.3. The molecule has 1 aliphatic heterocycles. The van der Waals surface area contributed by atoms with E-state index in [4.69, 9.17) is 5.73 Å². The Hall–Kier alpha value is -1.89. The molecule has 0 amide bonds. The first kappa shape index (κ1) is 11.2. The van der Waals surface area contributed by atoms with Gasteiger partial charge in [0, 0.05) is 17.1 Å². The van der Waals surface area contributed by atoms with Crippen molar-refractivity contribution in [1.29, 1.82) is 0 Å². The second-order valence-corrected chi connectivity index (χ2v) is 4.45. The van der Waals surface area contributed by atoms with Gasteiger partial charge in [0.25, 0.3) is 0 Å². The summed E-state index contributed by atoms with van der Waals surface area (Å²) in [5.41, 5.74) is 13.4. The van der Waals surface area contributed by atoms with E-state index in [0.29, 0.717) is 0 Å². The average Bonchev–Trinajstić information content (AvgIpc) is 2.92. The molecule has 2 aromatic rings. The van der Waals surface area contributed by atoms with Gasteiger partial charge in [-0.05, 0) is 11.6 Å². The molecule has 0 bridgehead atoms. The van der Waals surface area contributed by atoms with Crippen LogP contribution >= 0.6 is 0 Å². The number of carbonyl (C=O) groups is 1. The molecule has 0 aliphatic carbocycles. The number of hydrazine groups is 1. The molecule has 18 heavy (non-hydrogen) atoms. The molecule has 3 rings (SSSR count). The Morgan fingerprint density at radius 3 is 2.83 bits per heavy atom. The maximum Gasteiger partial charge on any atom is 0.311 e. The molecule has 2 heterocycles. The number of H-pyrrole nitrogens is 1. The fourth-order valence-corrected chi connectivity index (χ4v) is 2.49. The molecule has 3 unspecified atom stereocenters. The first-order valence-corrected chi connectivity index (χ1v) is 5.74. The number of nitrogens with two attached hydrogens (primary N) is 1. The SMILES string of the molecule is NC1NNC(c2c[nH]c3ccccc23)C1C(=O)O. The summed E-state index contributed by atoms with van der Waals surface area (Å²) < 4.78 is 0. The van der Waals surface area contributed by atoms with E-state index in [2.05, 4.69) is 15.8 Å². The minimum absolute atomic E-state index is 0.339. The molecule has 1 aromatic carbocycles. The number of aliphatic carboxylic acids is 1. The van der Waals surface area contributed by atoms with Gasteiger partial charge in [0.1, 0.15) is 5.92 Å². The Balaban J connectivity index is 2.06. The lowest BCUT2D eigenvalue weighted by atomic mass is 9.93. The van der Waals surface area contributed by atoms with Crippen molar-refractivity contribution >= 4 is 16.9 Å². The van der Waals surface area contributed by atoms with E-state index in [1.54, 1.807) is 0 Å². The van der Waals surface area contributed by atoms with E-state index in [1.165, 1.54) is 0 Å². The molecule has 1 saturated heterocycles. The predicted octanol–water partition coefficient (Wildman–Crippen LogP) is 0.302. The van der Waals surface area contributed by atoms with E-state index in [-0.39, 0.29) is 6.04 Å². The van der Waals surface area contributed by atoms with Gasteiger partial charge in [-0.15, -0.1) is 0 Å². The third kappa shape index (κ3) is 1.59. The van der Waals surface area contributed by atoms with Crippen LogP contribution in [0.4, 0.5) is 0 Å². The molecule has 3 atom stereocenters. The summed E-state index contributed by atoms with van der Waals surface area (Å²) >= 11 is 0. The van der Waals surface area contributed by atoms with Gasteiger partial charge in [-0.25, -0.2) is 10.9 Å². The molecule has 0 saturated carbocycles. The zero-order valence-corrected chi connectivity index (χ0v) is 9.55. The van der Waals surface area contributed by atoms with Crippen molar-refractivity contribution in [3.8, 4) is 0 Å². The van der Waals surface area contributed by atoms with Crippen LogP contribution in [0, 0.1) is 5.92 Å². The summed E-state index contributed by atoms with van der Waals surface area (Å²) in [6.45, 7) is 0. The Bertz CT molecular complexity index is 595. The second kappa shape index (κ2) is 4.09. The number of carboxylic acid groups (broad SMARTS) is 1. The van der Waals surface area contributed by atoms with Crippen LogP contribution in [0.3, 0.4) is 0 Å². The minimum Gasteiger partial charge on any atom is -0.481 e. The van der Waals surface area contributed by atoms with Crippen LogP contribution in [0.15, 0.2) is 30.5 Å². The lowest BCUT2D eigenvalue weighted by Gasteiger charge is -2.15. The molecule has 1 aromatic heterocycles. The van der Waals surface area contributed by atoms with Crippen molar-refractivity contribution in [1.82, 2.24) is 15.8 Å². The number of para-hydroxylation sites is 1. The standard InChI is InChI=1S/C12H14N4O2/c13-11-9(12(17)18)10(15-16-11)7-5-14-8-4-2-1-3-6(7)8/h1-5,9-11,14-16H,13H2,(H,17,18). The molecular weight excluding hydrogens is 232 g/mol. The number of benzene rings is 1. The summed E-state index contributed by atoms with van der Waals surface area (Å²) in [6.07, 6.45) is 1.24. The van der Waals surface area contributed by atoms with Crippen molar-refractivity contribution in [3.05, 3.63) is 36.0 Å². The highest BCUT2D eigenvalue weighted by atomic mass is 16.4. The van der Waals surface area contributed by atoms with Crippen LogP contribution in [0.2, 0.25) is 0 Å².